The summed E-state index contributed by atoms with van der Waals surface area (Å²) in [5.41, 5.74) is 6.73. The van der Waals surface area contributed by atoms with E-state index in [9.17, 15) is 0 Å². The third-order valence-electron chi connectivity index (χ3n) is 4.41. The number of nitrogen functional groups attached to an aromatic ring is 1. The minimum absolute atomic E-state index is 0.445. The largest absolute Gasteiger partial charge is 0.382 e. The van der Waals surface area contributed by atoms with E-state index in [1.807, 2.05) is 4.40 Å². The van der Waals surface area contributed by atoms with E-state index in [4.69, 9.17) is 17.3 Å². The van der Waals surface area contributed by atoms with Crippen LogP contribution < -0.4 is 5.73 Å². The van der Waals surface area contributed by atoms with E-state index in [-0.39, 0.29) is 0 Å². The number of nitrogens with zero attached hydrogens (tertiary/aromatic N) is 3. The SMILES string of the molecule is CC(C)C1CC[C@H](c2nc(Br)c3c(N)ncc(Cl)n23)C1. The van der Waals surface area contributed by atoms with Gasteiger partial charge in [0.15, 0.2) is 5.82 Å². The van der Waals surface area contributed by atoms with E-state index in [0.717, 1.165) is 34.2 Å². The molecule has 2 atom stereocenters. The van der Waals surface area contributed by atoms with Crippen molar-refractivity contribution in [2.75, 3.05) is 5.73 Å². The van der Waals surface area contributed by atoms with Gasteiger partial charge < -0.3 is 5.73 Å². The average molecular weight is 358 g/mol. The molecule has 1 fully saturated rings. The summed E-state index contributed by atoms with van der Waals surface area (Å²) in [5, 5.41) is 0.565. The molecule has 0 radical (unpaired) electrons. The van der Waals surface area contributed by atoms with Crippen molar-refractivity contribution in [3.8, 4) is 0 Å². The lowest BCUT2D eigenvalue weighted by molar-refractivity contribution is 0.390. The number of aromatic nitrogens is 3. The maximum atomic E-state index is 6.31. The van der Waals surface area contributed by atoms with Crippen LogP contribution in [0.15, 0.2) is 10.8 Å². The Balaban J connectivity index is 2.07. The molecule has 6 heteroatoms. The fourth-order valence-electron chi connectivity index (χ4n) is 3.22. The molecule has 20 heavy (non-hydrogen) atoms. The van der Waals surface area contributed by atoms with Gasteiger partial charge in [-0.25, -0.2) is 9.97 Å². The molecule has 1 aliphatic rings. The summed E-state index contributed by atoms with van der Waals surface area (Å²) in [6.45, 7) is 4.59. The van der Waals surface area contributed by atoms with Gasteiger partial charge in [-0.2, -0.15) is 0 Å². The van der Waals surface area contributed by atoms with Gasteiger partial charge in [0, 0.05) is 5.92 Å². The molecule has 4 nitrogen and oxygen atoms in total. The Morgan fingerprint density at radius 3 is 2.85 bits per heavy atom. The van der Waals surface area contributed by atoms with Gasteiger partial charge in [-0.15, -0.1) is 0 Å². The van der Waals surface area contributed by atoms with Crippen LogP contribution in [0.2, 0.25) is 5.15 Å². The van der Waals surface area contributed by atoms with Crippen LogP contribution >= 0.6 is 27.5 Å². The van der Waals surface area contributed by atoms with Gasteiger partial charge in [0.05, 0.1) is 6.20 Å². The van der Waals surface area contributed by atoms with Crippen molar-refractivity contribution in [2.45, 2.75) is 39.0 Å². The molecular formula is C14H18BrClN4. The fourth-order valence-corrected chi connectivity index (χ4v) is 4.00. The van der Waals surface area contributed by atoms with Crippen LogP contribution in [0, 0.1) is 11.8 Å². The number of anilines is 1. The van der Waals surface area contributed by atoms with Gasteiger partial charge in [-0.05, 0) is 47.0 Å². The first-order chi connectivity index (χ1) is 9.49. The Hall–Kier alpha value is -0.810. The molecule has 2 aromatic rings. The maximum Gasteiger partial charge on any atom is 0.150 e. The fraction of sp³-hybridized carbons (Fsp3) is 0.571. The Labute approximate surface area is 131 Å². The van der Waals surface area contributed by atoms with Gasteiger partial charge in [-0.3, -0.25) is 4.40 Å². The molecule has 0 spiro atoms. The summed E-state index contributed by atoms with van der Waals surface area (Å²) in [4.78, 5) is 8.77. The lowest BCUT2D eigenvalue weighted by Gasteiger charge is -2.14. The second kappa shape index (κ2) is 5.19. The highest BCUT2D eigenvalue weighted by molar-refractivity contribution is 9.10. The first kappa shape index (κ1) is 14.1. The van der Waals surface area contributed by atoms with Crippen LogP contribution in [-0.4, -0.2) is 14.4 Å². The molecule has 0 bridgehead atoms. The Morgan fingerprint density at radius 2 is 2.20 bits per heavy atom. The van der Waals surface area contributed by atoms with Crippen LogP contribution in [0.25, 0.3) is 5.52 Å². The summed E-state index contributed by atoms with van der Waals surface area (Å²) in [7, 11) is 0. The molecule has 0 aromatic carbocycles. The van der Waals surface area contributed by atoms with Gasteiger partial charge >= 0.3 is 0 Å². The minimum atomic E-state index is 0.445. The Morgan fingerprint density at radius 1 is 1.45 bits per heavy atom. The summed E-state index contributed by atoms with van der Waals surface area (Å²) in [6, 6.07) is 0. The van der Waals surface area contributed by atoms with Crippen LogP contribution in [-0.2, 0) is 0 Å². The van der Waals surface area contributed by atoms with Crippen LogP contribution in [0.4, 0.5) is 5.82 Å². The monoisotopic (exact) mass is 356 g/mol. The number of nitrogens with two attached hydrogens (primary N) is 1. The van der Waals surface area contributed by atoms with Gasteiger partial charge in [0.25, 0.3) is 0 Å². The number of fused-ring (bicyclic) bond motifs is 1. The zero-order valence-corrected chi connectivity index (χ0v) is 13.9. The molecule has 1 aliphatic carbocycles. The van der Waals surface area contributed by atoms with Crippen LogP contribution in [0.5, 0.6) is 0 Å². The quantitative estimate of drug-likeness (QED) is 0.873. The lowest BCUT2D eigenvalue weighted by Crippen LogP contribution is -2.06. The van der Waals surface area contributed by atoms with Gasteiger partial charge in [0.1, 0.15) is 21.1 Å². The van der Waals surface area contributed by atoms with E-state index < -0.39 is 0 Å². The molecule has 1 saturated carbocycles. The molecule has 2 heterocycles. The minimum Gasteiger partial charge on any atom is -0.382 e. The molecule has 3 rings (SSSR count). The van der Waals surface area contributed by atoms with E-state index >= 15 is 0 Å². The second-order valence-corrected chi connectivity index (χ2v) is 7.06. The molecule has 0 amide bonds. The smallest absolute Gasteiger partial charge is 0.150 e. The molecule has 1 unspecified atom stereocenters. The molecular weight excluding hydrogens is 340 g/mol. The van der Waals surface area contributed by atoms with Crippen LogP contribution in [0.1, 0.15) is 44.9 Å². The molecule has 2 N–H and O–H groups in total. The highest BCUT2D eigenvalue weighted by Crippen LogP contribution is 2.42. The topological polar surface area (TPSA) is 56.2 Å². The van der Waals surface area contributed by atoms with E-state index in [1.165, 1.54) is 12.8 Å². The number of rotatable bonds is 2. The molecule has 0 saturated heterocycles. The standard InChI is InChI=1S/C14H18BrClN4/c1-7(2)8-3-4-9(5-8)14-19-12(15)11-13(17)18-6-10(16)20(11)14/h6-9H,3-5H2,1-2H3,(H2,17,18)/t8?,9-/m0/s1. The normalized spacial score (nSPS) is 23.1. The van der Waals surface area contributed by atoms with Crippen molar-refractivity contribution >= 4 is 38.9 Å². The predicted octanol–water partition coefficient (Wildman–Crippen LogP) is 4.27. The van der Waals surface area contributed by atoms with Crippen molar-refractivity contribution < 1.29 is 0 Å². The highest BCUT2D eigenvalue weighted by atomic mass is 79.9. The Kier molecular flexibility index (Phi) is 3.67. The van der Waals surface area contributed by atoms with E-state index in [2.05, 4.69) is 39.7 Å². The second-order valence-electron chi connectivity index (χ2n) is 5.93. The maximum absolute atomic E-state index is 6.31. The predicted molar refractivity (Wildman–Crippen MR) is 85.0 cm³/mol. The first-order valence-corrected chi connectivity index (χ1v) is 8.14. The first-order valence-electron chi connectivity index (χ1n) is 6.96. The van der Waals surface area contributed by atoms with Gasteiger partial charge in [0.2, 0.25) is 0 Å². The summed E-state index contributed by atoms with van der Waals surface area (Å²) in [6.07, 6.45) is 5.18. The highest BCUT2D eigenvalue weighted by Gasteiger charge is 2.31. The van der Waals surface area contributed by atoms with Crippen molar-refractivity contribution in [1.29, 1.82) is 0 Å². The number of halogens is 2. The number of hydrogen-bond acceptors (Lipinski definition) is 3. The third-order valence-corrected chi connectivity index (χ3v) is 5.23. The molecule has 108 valence electrons. The van der Waals surface area contributed by atoms with Crippen molar-refractivity contribution in [2.24, 2.45) is 11.8 Å². The Bertz CT molecular complexity index is 652. The zero-order chi connectivity index (χ0) is 14.4. The average Bonchev–Trinajstić information content (AvgIpc) is 2.99. The summed E-state index contributed by atoms with van der Waals surface area (Å²) >= 11 is 9.79. The number of imidazole rings is 1. The summed E-state index contributed by atoms with van der Waals surface area (Å²) < 4.78 is 2.68. The lowest BCUT2D eigenvalue weighted by atomic mass is 9.93. The number of hydrogen-bond donors (Lipinski definition) is 1. The molecule has 2 aromatic heterocycles. The van der Waals surface area contributed by atoms with E-state index in [0.29, 0.717) is 16.9 Å². The zero-order valence-electron chi connectivity index (χ0n) is 11.6. The van der Waals surface area contributed by atoms with Crippen molar-refractivity contribution in [3.05, 3.63) is 21.8 Å². The van der Waals surface area contributed by atoms with Crippen molar-refractivity contribution in [3.63, 3.8) is 0 Å². The summed E-state index contributed by atoms with van der Waals surface area (Å²) in [5.74, 6) is 3.40. The van der Waals surface area contributed by atoms with Crippen molar-refractivity contribution in [1.82, 2.24) is 14.4 Å². The molecule has 0 aliphatic heterocycles. The third kappa shape index (κ3) is 2.21. The van der Waals surface area contributed by atoms with Gasteiger partial charge in [-0.1, -0.05) is 25.4 Å². The van der Waals surface area contributed by atoms with Crippen LogP contribution in [0.3, 0.4) is 0 Å². The van der Waals surface area contributed by atoms with E-state index in [1.54, 1.807) is 6.20 Å².